The number of hydrogen-bond donors (Lipinski definition) is 2. The van der Waals surface area contributed by atoms with Gasteiger partial charge in [-0.15, -0.1) is 0 Å². The molecule has 0 atom stereocenters. The summed E-state index contributed by atoms with van der Waals surface area (Å²) in [5, 5.41) is 4.00. The Kier molecular flexibility index (Phi) is 6.45. The van der Waals surface area contributed by atoms with Gasteiger partial charge in [-0.05, 0) is 75.8 Å². The summed E-state index contributed by atoms with van der Waals surface area (Å²) in [6, 6.07) is 7.86. The Morgan fingerprint density at radius 2 is 2.00 bits per heavy atom. The molecule has 0 spiro atoms. The summed E-state index contributed by atoms with van der Waals surface area (Å²) in [6.07, 6.45) is 5.75. The highest BCUT2D eigenvalue weighted by molar-refractivity contribution is 5.80. The van der Waals surface area contributed by atoms with Crippen LogP contribution in [-0.4, -0.2) is 42.0 Å². The molecule has 1 saturated heterocycles. The van der Waals surface area contributed by atoms with Crippen molar-refractivity contribution in [3.63, 3.8) is 0 Å². The molecule has 0 saturated carbocycles. The van der Waals surface area contributed by atoms with Crippen LogP contribution >= 0.6 is 0 Å². The summed E-state index contributed by atoms with van der Waals surface area (Å²) >= 11 is 0. The van der Waals surface area contributed by atoms with E-state index in [1.807, 2.05) is 25.1 Å². The molecule has 2 N–H and O–H groups in total. The first-order chi connectivity index (χ1) is 12.6. The summed E-state index contributed by atoms with van der Waals surface area (Å²) < 4.78 is 0. The number of likely N-dealkylation sites (tertiary alicyclic amines) is 1. The molecule has 1 fully saturated rings. The van der Waals surface area contributed by atoms with Gasteiger partial charge in [0.2, 0.25) is 5.91 Å². The number of pyridine rings is 1. The van der Waals surface area contributed by atoms with Gasteiger partial charge in [0.25, 0.3) is 5.56 Å². The standard InChI is InChI=1S/C21H29N3O2/c1-16-6-8-19-18(14-16)15-17(21(26)23-19)7-9-20(25)22-10-5-13-24-11-3-2-4-12-24/h6,8,14-15H,2-5,7,9-13H2,1H3,(H,22,25)(H,23,26). The molecule has 5 nitrogen and oxygen atoms in total. The van der Waals surface area contributed by atoms with Crippen LogP contribution in [0.15, 0.2) is 29.1 Å². The van der Waals surface area contributed by atoms with Gasteiger partial charge in [0.05, 0.1) is 0 Å². The number of aryl methyl sites for hydroxylation is 2. The van der Waals surface area contributed by atoms with Crippen molar-refractivity contribution in [1.82, 2.24) is 15.2 Å². The van der Waals surface area contributed by atoms with Gasteiger partial charge in [-0.25, -0.2) is 0 Å². The van der Waals surface area contributed by atoms with E-state index in [1.165, 1.54) is 32.4 Å². The number of carbonyl (C=O) groups excluding carboxylic acids is 1. The maximum Gasteiger partial charge on any atom is 0.251 e. The SMILES string of the molecule is Cc1ccc2[nH]c(=O)c(CCC(=O)NCCCN3CCCCC3)cc2c1. The molecule has 2 heterocycles. The van der Waals surface area contributed by atoms with Gasteiger partial charge in [-0.1, -0.05) is 18.1 Å². The van der Waals surface area contributed by atoms with E-state index in [4.69, 9.17) is 0 Å². The first-order valence-electron chi connectivity index (χ1n) is 9.73. The van der Waals surface area contributed by atoms with E-state index in [2.05, 4.69) is 21.3 Å². The molecule has 140 valence electrons. The fourth-order valence-corrected chi connectivity index (χ4v) is 3.61. The van der Waals surface area contributed by atoms with E-state index in [0.29, 0.717) is 24.9 Å². The normalized spacial score (nSPS) is 15.3. The molecule has 2 aromatic rings. The monoisotopic (exact) mass is 355 g/mol. The van der Waals surface area contributed by atoms with Crippen LogP contribution in [0.25, 0.3) is 10.9 Å². The maximum absolute atomic E-state index is 12.2. The fraction of sp³-hybridized carbons (Fsp3) is 0.524. The number of carbonyl (C=O) groups is 1. The second kappa shape index (κ2) is 8.99. The minimum absolute atomic E-state index is 0.0207. The molecular weight excluding hydrogens is 326 g/mol. The van der Waals surface area contributed by atoms with Gasteiger partial charge in [-0.3, -0.25) is 9.59 Å². The lowest BCUT2D eigenvalue weighted by atomic mass is 10.1. The summed E-state index contributed by atoms with van der Waals surface area (Å²) in [5.41, 5.74) is 2.57. The number of aromatic nitrogens is 1. The van der Waals surface area contributed by atoms with Crippen molar-refractivity contribution in [2.75, 3.05) is 26.2 Å². The van der Waals surface area contributed by atoms with Crippen molar-refractivity contribution in [3.05, 3.63) is 45.7 Å². The number of rotatable bonds is 7. The highest BCUT2D eigenvalue weighted by Gasteiger charge is 2.10. The number of nitrogens with one attached hydrogen (secondary N) is 2. The van der Waals surface area contributed by atoms with Crippen molar-refractivity contribution >= 4 is 16.8 Å². The second-order valence-corrected chi connectivity index (χ2v) is 7.32. The molecular formula is C21H29N3O2. The van der Waals surface area contributed by atoms with Crippen LogP contribution in [0.2, 0.25) is 0 Å². The van der Waals surface area contributed by atoms with Crippen molar-refractivity contribution in [1.29, 1.82) is 0 Å². The molecule has 0 radical (unpaired) electrons. The molecule has 26 heavy (non-hydrogen) atoms. The van der Waals surface area contributed by atoms with Gasteiger partial charge in [0.1, 0.15) is 0 Å². The van der Waals surface area contributed by atoms with Crippen molar-refractivity contribution in [3.8, 4) is 0 Å². The van der Waals surface area contributed by atoms with Crippen LogP contribution in [-0.2, 0) is 11.2 Å². The quantitative estimate of drug-likeness (QED) is 0.751. The molecule has 0 bridgehead atoms. The number of amides is 1. The molecule has 3 rings (SSSR count). The van der Waals surface area contributed by atoms with E-state index in [1.54, 1.807) is 0 Å². The first kappa shape index (κ1) is 18.6. The molecule has 0 aliphatic carbocycles. The third kappa shape index (κ3) is 5.18. The van der Waals surface area contributed by atoms with Gasteiger partial charge < -0.3 is 15.2 Å². The highest BCUT2D eigenvalue weighted by Crippen LogP contribution is 2.14. The van der Waals surface area contributed by atoms with E-state index in [9.17, 15) is 9.59 Å². The molecule has 5 heteroatoms. The van der Waals surface area contributed by atoms with Crippen LogP contribution in [0.4, 0.5) is 0 Å². The van der Waals surface area contributed by atoms with Crippen LogP contribution in [0, 0.1) is 6.92 Å². The number of aromatic amines is 1. The Morgan fingerprint density at radius 1 is 1.19 bits per heavy atom. The Balaban J connectivity index is 1.44. The van der Waals surface area contributed by atoms with Gasteiger partial charge in [0, 0.05) is 24.0 Å². The Bertz CT molecular complexity index is 806. The van der Waals surface area contributed by atoms with Crippen LogP contribution in [0.3, 0.4) is 0 Å². The van der Waals surface area contributed by atoms with Gasteiger partial charge in [0.15, 0.2) is 0 Å². The predicted molar refractivity (Wildman–Crippen MR) is 106 cm³/mol. The van der Waals surface area contributed by atoms with E-state index >= 15 is 0 Å². The molecule has 0 unspecified atom stereocenters. The highest BCUT2D eigenvalue weighted by atomic mass is 16.1. The van der Waals surface area contributed by atoms with Crippen LogP contribution < -0.4 is 10.9 Å². The van der Waals surface area contributed by atoms with Crippen LogP contribution in [0.1, 0.15) is 43.2 Å². The molecule has 1 aliphatic heterocycles. The summed E-state index contributed by atoms with van der Waals surface area (Å²) in [5.74, 6) is 0.0207. The van der Waals surface area contributed by atoms with Gasteiger partial charge >= 0.3 is 0 Å². The zero-order valence-corrected chi connectivity index (χ0v) is 15.6. The Labute approximate surface area is 154 Å². The predicted octanol–water partition coefficient (Wildman–Crippen LogP) is 2.76. The molecule has 1 aliphatic rings. The third-order valence-corrected chi connectivity index (χ3v) is 5.12. The summed E-state index contributed by atoms with van der Waals surface area (Å²) in [7, 11) is 0. The first-order valence-corrected chi connectivity index (χ1v) is 9.73. The topological polar surface area (TPSA) is 65.2 Å². The van der Waals surface area contributed by atoms with E-state index in [0.717, 1.165) is 29.4 Å². The summed E-state index contributed by atoms with van der Waals surface area (Å²) in [6.45, 7) is 6.18. The maximum atomic E-state index is 12.2. The average Bonchev–Trinajstić information content (AvgIpc) is 2.65. The average molecular weight is 355 g/mol. The minimum Gasteiger partial charge on any atom is -0.356 e. The number of piperidine rings is 1. The second-order valence-electron chi connectivity index (χ2n) is 7.32. The number of benzene rings is 1. The zero-order valence-electron chi connectivity index (χ0n) is 15.6. The Morgan fingerprint density at radius 3 is 2.81 bits per heavy atom. The smallest absolute Gasteiger partial charge is 0.251 e. The van der Waals surface area contributed by atoms with Crippen molar-refractivity contribution in [2.24, 2.45) is 0 Å². The summed E-state index contributed by atoms with van der Waals surface area (Å²) in [4.78, 5) is 29.6. The zero-order chi connectivity index (χ0) is 18.4. The Hall–Kier alpha value is -2.14. The largest absolute Gasteiger partial charge is 0.356 e. The third-order valence-electron chi connectivity index (χ3n) is 5.12. The molecule has 1 aromatic carbocycles. The van der Waals surface area contributed by atoms with Gasteiger partial charge in [-0.2, -0.15) is 0 Å². The van der Waals surface area contributed by atoms with Crippen LogP contribution in [0.5, 0.6) is 0 Å². The molecule has 1 amide bonds. The molecule has 1 aromatic heterocycles. The van der Waals surface area contributed by atoms with Crippen molar-refractivity contribution in [2.45, 2.75) is 45.4 Å². The lowest BCUT2D eigenvalue weighted by molar-refractivity contribution is -0.121. The number of H-pyrrole nitrogens is 1. The number of fused-ring (bicyclic) bond motifs is 1. The lowest BCUT2D eigenvalue weighted by Gasteiger charge is -2.26. The number of nitrogens with zero attached hydrogens (tertiary/aromatic N) is 1. The van der Waals surface area contributed by atoms with E-state index < -0.39 is 0 Å². The van der Waals surface area contributed by atoms with E-state index in [-0.39, 0.29) is 11.5 Å². The lowest BCUT2D eigenvalue weighted by Crippen LogP contribution is -2.33. The minimum atomic E-state index is -0.0979. The number of hydrogen-bond acceptors (Lipinski definition) is 3. The van der Waals surface area contributed by atoms with Crippen molar-refractivity contribution < 1.29 is 4.79 Å². The fourth-order valence-electron chi connectivity index (χ4n) is 3.61.